The van der Waals surface area contributed by atoms with Crippen LogP contribution in [0.1, 0.15) is 24.8 Å². The van der Waals surface area contributed by atoms with Crippen LogP contribution in [0.4, 0.5) is 0 Å². The first kappa shape index (κ1) is 10.3. The van der Waals surface area contributed by atoms with Gasteiger partial charge >= 0.3 is 0 Å². The number of rotatable bonds is 2. The number of hydrogen-bond acceptors (Lipinski definition) is 1. The summed E-state index contributed by atoms with van der Waals surface area (Å²) in [7, 11) is 0. The molecule has 1 aliphatic rings. The molecule has 0 saturated heterocycles. The second-order valence-electron chi connectivity index (χ2n) is 4.04. The summed E-state index contributed by atoms with van der Waals surface area (Å²) in [5.74, 6) is 1.21. The van der Waals surface area contributed by atoms with E-state index in [1.165, 1.54) is 12.0 Å². The number of benzene rings is 1. The van der Waals surface area contributed by atoms with Crippen LogP contribution in [0.3, 0.4) is 0 Å². The van der Waals surface area contributed by atoms with E-state index in [0.29, 0.717) is 21.9 Å². The Labute approximate surface area is 94.2 Å². The molecule has 1 aliphatic carbocycles. The highest BCUT2D eigenvalue weighted by molar-refractivity contribution is 6.42. The molecular weight excluding hydrogens is 217 g/mol. The van der Waals surface area contributed by atoms with Crippen LogP contribution in [0.15, 0.2) is 18.2 Å². The zero-order chi connectivity index (χ0) is 10.3. The van der Waals surface area contributed by atoms with Gasteiger partial charge in [0.25, 0.3) is 0 Å². The summed E-state index contributed by atoms with van der Waals surface area (Å²) in [6.07, 6.45) is 1.18. The van der Waals surface area contributed by atoms with Crippen molar-refractivity contribution in [3.63, 3.8) is 0 Å². The van der Waals surface area contributed by atoms with Crippen LogP contribution in [0.5, 0.6) is 0 Å². The molecule has 0 spiro atoms. The van der Waals surface area contributed by atoms with Crippen LogP contribution in [0, 0.1) is 5.92 Å². The summed E-state index contributed by atoms with van der Waals surface area (Å²) in [6, 6.07) is 6.13. The van der Waals surface area contributed by atoms with Crippen LogP contribution in [0.25, 0.3) is 0 Å². The van der Waals surface area contributed by atoms with Gasteiger partial charge in [-0.3, -0.25) is 0 Å². The van der Waals surface area contributed by atoms with Gasteiger partial charge in [-0.25, -0.2) is 0 Å². The van der Waals surface area contributed by atoms with Gasteiger partial charge in [0, 0.05) is 6.04 Å². The van der Waals surface area contributed by atoms with Crippen molar-refractivity contribution in [2.45, 2.75) is 25.3 Å². The maximum Gasteiger partial charge on any atom is 0.0595 e. The molecule has 76 valence electrons. The zero-order valence-corrected chi connectivity index (χ0v) is 9.52. The second kappa shape index (κ2) is 3.73. The van der Waals surface area contributed by atoms with Crippen molar-refractivity contribution < 1.29 is 0 Å². The fourth-order valence-electron chi connectivity index (χ4n) is 1.92. The lowest BCUT2D eigenvalue weighted by Gasteiger charge is -2.05. The molecule has 1 fully saturated rings. The maximum absolute atomic E-state index is 5.95. The van der Waals surface area contributed by atoms with E-state index in [4.69, 9.17) is 28.9 Å². The predicted octanol–water partition coefficient (Wildman–Crippen LogP) is 3.44. The fraction of sp³-hybridized carbons (Fsp3) is 0.455. The molecule has 1 saturated carbocycles. The van der Waals surface area contributed by atoms with Crippen LogP contribution >= 0.6 is 23.2 Å². The van der Waals surface area contributed by atoms with Gasteiger partial charge in [-0.2, -0.15) is 0 Å². The van der Waals surface area contributed by atoms with E-state index in [1.807, 2.05) is 18.2 Å². The van der Waals surface area contributed by atoms with E-state index in [0.717, 1.165) is 0 Å². The first-order valence-electron chi connectivity index (χ1n) is 4.80. The van der Waals surface area contributed by atoms with Crippen molar-refractivity contribution in [1.29, 1.82) is 0 Å². The Balaban J connectivity index is 2.16. The molecule has 0 aliphatic heterocycles. The fourth-order valence-corrected chi connectivity index (χ4v) is 2.23. The highest BCUT2D eigenvalue weighted by atomic mass is 35.5. The monoisotopic (exact) mass is 229 g/mol. The van der Waals surface area contributed by atoms with Crippen molar-refractivity contribution >= 4 is 23.2 Å². The molecule has 0 heterocycles. The third kappa shape index (κ3) is 1.90. The van der Waals surface area contributed by atoms with Gasteiger partial charge in [0.1, 0.15) is 0 Å². The van der Waals surface area contributed by atoms with E-state index < -0.39 is 0 Å². The lowest BCUT2D eigenvalue weighted by molar-refractivity contribution is 0.631. The summed E-state index contributed by atoms with van der Waals surface area (Å²) in [6.45, 7) is 2.06. The van der Waals surface area contributed by atoms with Gasteiger partial charge in [0.15, 0.2) is 0 Å². The molecule has 0 amide bonds. The van der Waals surface area contributed by atoms with Gasteiger partial charge in [0.2, 0.25) is 0 Å². The lowest BCUT2D eigenvalue weighted by atomic mass is 10.1. The third-order valence-electron chi connectivity index (χ3n) is 2.89. The molecule has 0 unspecified atom stereocenters. The maximum atomic E-state index is 5.95. The molecule has 0 aromatic heterocycles. The molecule has 0 bridgehead atoms. The molecule has 2 N–H and O–H groups in total. The van der Waals surface area contributed by atoms with Crippen LogP contribution < -0.4 is 5.73 Å². The molecule has 1 aromatic rings. The van der Waals surface area contributed by atoms with Crippen molar-refractivity contribution in [1.82, 2.24) is 0 Å². The van der Waals surface area contributed by atoms with E-state index in [-0.39, 0.29) is 6.04 Å². The Bertz CT molecular complexity index is 349. The minimum absolute atomic E-state index is 0.273. The minimum atomic E-state index is 0.273. The molecule has 0 radical (unpaired) electrons. The summed E-state index contributed by atoms with van der Waals surface area (Å²) in [5, 5.41) is 1.26. The Hall–Kier alpha value is -0.240. The van der Waals surface area contributed by atoms with Crippen molar-refractivity contribution in [3.05, 3.63) is 33.8 Å². The van der Waals surface area contributed by atoms with Gasteiger partial charge in [-0.05, 0) is 42.9 Å². The zero-order valence-electron chi connectivity index (χ0n) is 8.00. The Morgan fingerprint density at radius 1 is 1.36 bits per heavy atom. The Kier molecular flexibility index (Phi) is 2.74. The molecule has 3 heteroatoms. The third-order valence-corrected chi connectivity index (χ3v) is 3.63. The second-order valence-corrected chi connectivity index (χ2v) is 4.85. The average molecular weight is 230 g/mol. The van der Waals surface area contributed by atoms with Crippen molar-refractivity contribution in [2.75, 3.05) is 0 Å². The summed E-state index contributed by atoms with van der Waals surface area (Å²) in [5.41, 5.74) is 7.10. The normalized spacial score (nSPS) is 27.4. The SMILES string of the molecule is C[C@@H](N)[C@@H]1C[C@@H]1c1ccc(Cl)c(Cl)c1. The van der Waals surface area contributed by atoms with Crippen LogP contribution in [-0.4, -0.2) is 6.04 Å². The highest BCUT2D eigenvalue weighted by Crippen LogP contribution is 2.49. The van der Waals surface area contributed by atoms with E-state index in [2.05, 4.69) is 6.92 Å². The summed E-state index contributed by atoms with van der Waals surface area (Å²) in [4.78, 5) is 0. The molecule has 1 aromatic carbocycles. The molecule has 3 atom stereocenters. The Morgan fingerprint density at radius 2 is 2.07 bits per heavy atom. The van der Waals surface area contributed by atoms with Gasteiger partial charge in [-0.1, -0.05) is 29.3 Å². The lowest BCUT2D eigenvalue weighted by Crippen LogP contribution is -2.17. The average Bonchev–Trinajstić information content (AvgIpc) is 2.89. The number of nitrogens with two attached hydrogens (primary N) is 1. The minimum Gasteiger partial charge on any atom is -0.328 e. The van der Waals surface area contributed by atoms with Gasteiger partial charge in [0.05, 0.1) is 10.0 Å². The smallest absolute Gasteiger partial charge is 0.0595 e. The highest BCUT2D eigenvalue weighted by Gasteiger charge is 2.40. The van der Waals surface area contributed by atoms with Crippen molar-refractivity contribution in [3.8, 4) is 0 Å². The van der Waals surface area contributed by atoms with Gasteiger partial charge < -0.3 is 5.73 Å². The first-order valence-corrected chi connectivity index (χ1v) is 5.55. The topological polar surface area (TPSA) is 26.0 Å². The van der Waals surface area contributed by atoms with Crippen LogP contribution in [-0.2, 0) is 0 Å². The molecular formula is C11H13Cl2N. The van der Waals surface area contributed by atoms with E-state index in [1.54, 1.807) is 0 Å². The molecule has 1 nitrogen and oxygen atoms in total. The predicted molar refractivity (Wildman–Crippen MR) is 61.0 cm³/mol. The first-order chi connectivity index (χ1) is 6.59. The Morgan fingerprint density at radius 3 is 2.57 bits per heavy atom. The summed E-state index contributed by atoms with van der Waals surface area (Å²) >= 11 is 11.8. The quantitative estimate of drug-likeness (QED) is 0.827. The number of hydrogen-bond donors (Lipinski definition) is 1. The van der Waals surface area contributed by atoms with E-state index in [9.17, 15) is 0 Å². The summed E-state index contributed by atoms with van der Waals surface area (Å²) < 4.78 is 0. The van der Waals surface area contributed by atoms with E-state index >= 15 is 0 Å². The van der Waals surface area contributed by atoms with Crippen molar-refractivity contribution in [2.24, 2.45) is 11.7 Å². The standard InChI is InChI=1S/C11H13Cl2N/c1-6(14)8-5-9(8)7-2-3-10(12)11(13)4-7/h2-4,6,8-9H,5,14H2,1H3/t6-,8+,9-/m1/s1. The largest absolute Gasteiger partial charge is 0.328 e. The molecule has 2 rings (SSSR count). The van der Waals surface area contributed by atoms with Gasteiger partial charge in [-0.15, -0.1) is 0 Å². The van der Waals surface area contributed by atoms with Crippen LogP contribution in [0.2, 0.25) is 10.0 Å². The number of halogens is 2. The molecule has 14 heavy (non-hydrogen) atoms.